The lowest BCUT2D eigenvalue weighted by Crippen LogP contribution is -2.32. The van der Waals surface area contributed by atoms with Gasteiger partial charge in [-0.25, -0.2) is 0 Å². The molecule has 0 N–H and O–H groups in total. The highest BCUT2D eigenvalue weighted by molar-refractivity contribution is 5.73. The van der Waals surface area contributed by atoms with Gasteiger partial charge in [0.05, 0.1) is 50.1 Å². The zero-order valence-electron chi connectivity index (χ0n) is 73.1. The minimum Gasteiger partial charge on any atom is -0.465 e. The second kappa shape index (κ2) is 83.7. The van der Waals surface area contributed by atoms with Crippen molar-refractivity contribution in [3.05, 3.63) is 0 Å². The molecule has 0 aliphatic rings. The maximum atomic E-state index is 13.4. The number of hydrogen-bond donors (Lipinski definition) is 0. The molecule has 0 aliphatic carbocycles. The van der Waals surface area contributed by atoms with E-state index in [-0.39, 0.29) is 47.5 Å². The lowest BCUT2D eigenvalue weighted by molar-refractivity contribution is -0.150. The number of esters is 4. The van der Waals surface area contributed by atoms with Crippen LogP contribution in [0, 0.1) is 23.7 Å². The van der Waals surface area contributed by atoms with Crippen molar-refractivity contribution in [3.8, 4) is 0 Å². The van der Waals surface area contributed by atoms with Crippen LogP contribution in [0.5, 0.6) is 0 Å². The van der Waals surface area contributed by atoms with Crippen LogP contribution in [0.2, 0.25) is 0 Å². The van der Waals surface area contributed by atoms with Crippen LogP contribution in [0.1, 0.15) is 479 Å². The van der Waals surface area contributed by atoms with E-state index in [0.717, 1.165) is 245 Å². The summed E-state index contributed by atoms with van der Waals surface area (Å²) in [6.07, 6.45) is 77.2. The fourth-order valence-electron chi connectivity index (χ4n) is 15.7. The Morgan fingerprint density at radius 3 is 0.538 bits per heavy atom. The van der Waals surface area contributed by atoms with Gasteiger partial charge >= 0.3 is 23.9 Å². The van der Waals surface area contributed by atoms with Crippen molar-refractivity contribution < 1.29 is 38.1 Å². The van der Waals surface area contributed by atoms with Crippen molar-refractivity contribution in [2.24, 2.45) is 23.7 Å². The molecule has 0 bridgehead atoms. The van der Waals surface area contributed by atoms with Gasteiger partial charge in [-0.15, -0.1) is 0 Å². The SMILES string of the molecule is CCCCCCCCC(CCCCCC)C(=O)OCCCCCCN(CCCCCCOC(=O)C(CCCCCC)CCCCCCCC)CCCN(C)CCCN(CCCCCCOC(=O)C(CCCCCC)CCCCCCCC)CCCCCCOC(=O)C(CCCCCC)CCCCCCCC. The third-order valence-electron chi connectivity index (χ3n) is 23.1. The Labute approximate surface area is 661 Å². The molecule has 0 spiro atoms. The number of nitrogens with zero attached hydrogens (tertiary/aromatic N) is 3. The van der Waals surface area contributed by atoms with Crippen LogP contribution in [0.15, 0.2) is 0 Å². The van der Waals surface area contributed by atoms with Crippen molar-refractivity contribution >= 4 is 23.9 Å². The minimum absolute atomic E-state index is 0.0601. The fourth-order valence-corrected chi connectivity index (χ4v) is 15.7. The molecule has 0 aromatic rings. The van der Waals surface area contributed by atoms with E-state index >= 15 is 0 Å². The summed E-state index contributed by atoms with van der Waals surface area (Å²) in [7, 11) is 2.33. The third-order valence-corrected chi connectivity index (χ3v) is 23.1. The second-order valence-corrected chi connectivity index (χ2v) is 33.4. The zero-order valence-corrected chi connectivity index (χ0v) is 73.1. The summed E-state index contributed by atoms with van der Waals surface area (Å²) < 4.78 is 24.0. The smallest absolute Gasteiger partial charge is 0.308 e. The largest absolute Gasteiger partial charge is 0.465 e. The van der Waals surface area contributed by atoms with E-state index in [4.69, 9.17) is 18.9 Å². The molecule has 106 heavy (non-hydrogen) atoms. The predicted octanol–water partition coefficient (Wildman–Crippen LogP) is 28.1. The number of rotatable bonds is 88. The van der Waals surface area contributed by atoms with Crippen LogP contribution >= 0.6 is 0 Å². The summed E-state index contributed by atoms with van der Waals surface area (Å²) in [5.41, 5.74) is 0. The molecule has 0 aromatic carbocycles. The number of hydrogen-bond acceptors (Lipinski definition) is 11. The molecular formula is C95H187N3O8. The molecular weight excluding hydrogens is 1310 g/mol. The van der Waals surface area contributed by atoms with E-state index in [1.807, 2.05) is 0 Å². The summed E-state index contributed by atoms with van der Waals surface area (Å²) in [6, 6.07) is 0. The summed E-state index contributed by atoms with van der Waals surface area (Å²) >= 11 is 0. The Hall–Kier alpha value is -2.24. The van der Waals surface area contributed by atoms with Gasteiger partial charge in [0.15, 0.2) is 0 Å². The van der Waals surface area contributed by atoms with Gasteiger partial charge in [-0.2, -0.15) is 0 Å². The van der Waals surface area contributed by atoms with Crippen molar-refractivity contribution in [2.75, 3.05) is 85.8 Å². The van der Waals surface area contributed by atoms with E-state index in [9.17, 15) is 19.2 Å². The molecule has 11 nitrogen and oxygen atoms in total. The van der Waals surface area contributed by atoms with Crippen molar-refractivity contribution in [1.29, 1.82) is 0 Å². The quantitative estimate of drug-likeness (QED) is 0.0329. The highest BCUT2D eigenvalue weighted by atomic mass is 16.5. The lowest BCUT2D eigenvalue weighted by Gasteiger charge is -2.26. The molecule has 630 valence electrons. The first-order valence-electron chi connectivity index (χ1n) is 47.8. The van der Waals surface area contributed by atoms with E-state index in [1.54, 1.807) is 0 Å². The average molecular weight is 1500 g/mol. The molecule has 0 aromatic heterocycles. The van der Waals surface area contributed by atoms with Crippen LogP contribution in [-0.2, 0) is 38.1 Å². The number of unbranched alkanes of at least 4 members (excludes halogenated alkanes) is 44. The van der Waals surface area contributed by atoms with E-state index in [2.05, 4.69) is 77.1 Å². The van der Waals surface area contributed by atoms with Gasteiger partial charge in [0.2, 0.25) is 0 Å². The van der Waals surface area contributed by atoms with Gasteiger partial charge in [0, 0.05) is 0 Å². The van der Waals surface area contributed by atoms with E-state index in [0.29, 0.717) is 26.4 Å². The average Bonchev–Trinajstić information content (AvgIpc) is 1.00. The molecule has 0 saturated heterocycles. The molecule has 0 amide bonds. The standard InChI is InChI=1S/C95H187N3O8/c1-10-18-26-34-38-54-72-88(68-50-30-22-14-5)92(99)103-84-62-46-42-58-78-97(79-59-43-47-63-85-104-93(100)89(69-51-31-23-15-6)73-55-39-35-27-19-11-2)82-66-76-96(9)77-67-83-98(80-60-44-48-64-86-105-94(101)90(70-52-32-24-16-7)74-56-40-36-28-20-12-3)81-61-45-49-65-87-106-95(102)91(71-53-33-25-17-8)75-57-41-37-29-21-13-4/h88-91H,10-87H2,1-9H3. The molecule has 11 heteroatoms. The molecule has 0 saturated carbocycles. The number of ether oxygens (including phenoxy) is 4. The van der Waals surface area contributed by atoms with Gasteiger partial charge in [-0.1, -0.05) is 364 Å². The van der Waals surface area contributed by atoms with Gasteiger partial charge in [-0.3, -0.25) is 19.2 Å². The summed E-state index contributed by atoms with van der Waals surface area (Å²) in [5, 5.41) is 0. The van der Waals surface area contributed by atoms with Gasteiger partial charge in [-0.05, 0) is 175 Å². The summed E-state index contributed by atoms with van der Waals surface area (Å²) in [4.78, 5) is 61.7. The predicted molar refractivity (Wildman–Crippen MR) is 458 cm³/mol. The number of carbonyl (C=O) groups excluding carboxylic acids is 4. The first-order valence-corrected chi connectivity index (χ1v) is 47.8. The maximum Gasteiger partial charge on any atom is 0.308 e. The molecule has 0 radical (unpaired) electrons. The Bertz CT molecular complexity index is 1580. The minimum atomic E-state index is 0.0601. The van der Waals surface area contributed by atoms with Crippen LogP contribution < -0.4 is 0 Å². The van der Waals surface area contributed by atoms with Gasteiger partial charge < -0.3 is 33.6 Å². The lowest BCUT2D eigenvalue weighted by atomic mass is 9.94. The highest BCUT2D eigenvalue weighted by Crippen LogP contribution is 2.26. The first kappa shape index (κ1) is 104. The van der Waals surface area contributed by atoms with Crippen LogP contribution in [0.25, 0.3) is 0 Å². The molecule has 4 unspecified atom stereocenters. The fraction of sp³-hybridized carbons (Fsp3) is 0.958. The third kappa shape index (κ3) is 69.7. The summed E-state index contributed by atoms with van der Waals surface area (Å²) in [6.45, 7) is 29.2. The van der Waals surface area contributed by atoms with Crippen LogP contribution in [0.4, 0.5) is 0 Å². The van der Waals surface area contributed by atoms with Crippen molar-refractivity contribution in [2.45, 2.75) is 479 Å². The Morgan fingerprint density at radius 2 is 0.340 bits per heavy atom. The van der Waals surface area contributed by atoms with Gasteiger partial charge in [0.25, 0.3) is 0 Å². The van der Waals surface area contributed by atoms with Crippen LogP contribution in [0.3, 0.4) is 0 Å². The molecule has 0 rings (SSSR count). The Balaban J connectivity index is 5.79. The monoisotopic (exact) mass is 1500 g/mol. The number of carbonyl (C=O) groups is 4. The maximum absolute atomic E-state index is 13.4. The molecule has 4 atom stereocenters. The normalized spacial score (nSPS) is 12.9. The Morgan fingerprint density at radius 1 is 0.189 bits per heavy atom. The van der Waals surface area contributed by atoms with Crippen molar-refractivity contribution in [1.82, 2.24) is 14.7 Å². The molecule has 0 aliphatic heterocycles. The molecule has 0 fully saturated rings. The Kier molecular flexibility index (Phi) is 81.9. The topological polar surface area (TPSA) is 115 Å². The van der Waals surface area contributed by atoms with Gasteiger partial charge in [0.1, 0.15) is 0 Å². The second-order valence-electron chi connectivity index (χ2n) is 33.4. The first-order chi connectivity index (χ1) is 52.0. The highest BCUT2D eigenvalue weighted by Gasteiger charge is 2.24. The van der Waals surface area contributed by atoms with Crippen molar-refractivity contribution in [3.63, 3.8) is 0 Å². The molecule has 0 heterocycles. The summed E-state index contributed by atoms with van der Waals surface area (Å²) in [5.74, 6) is 0.509. The zero-order chi connectivity index (χ0) is 77.3. The van der Waals surface area contributed by atoms with E-state index < -0.39 is 0 Å². The van der Waals surface area contributed by atoms with E-state index in [1.165, 1.54) is 231 Å². The van der Waals surface area contributed by atoms with Crippen LogP contribution in [-0.4, -0.2) is 124 Å².